The summed E-state index contributed by atoms with van der Waals surface area (Å²) in [6.45, 7) is 5.56. The molecular weight excluding hydrogens is 685 g/mol. The standard InChI is InChI=1S/C49H94O6/c1-4-7-10-13-16-19-21-23-24-26-28-31-34-37-40-43-47(53)49(55,46(52)42-39-36-33-30-27-25-22-20-17-14-11-8-5-2)48(54,44-50)45(51)41-38-35-32-29-18-15-12-9-6-3/h50,54-55H,4-44H2,1-3H3. The fourth-order valence-corrected chi connectivity index (χ4v) is 8.15. The van der Waals surface area contributed by atoms with Crippen molar-refractivity contribution in [1.82, 2.24) is 0 Å². The van der Waals surface area contributed by atoms with Crippen LogP contribution in [0.15, 0.2) is 0 Å². The van der Waals surface area contributed by atoms with Crippen molar-refractivity contribution in [3.05, 3.63) is 0 Å². The van der Waals surface area contributed by atoms with Crippen LogP contribution < -0.4 is 0 Å². The van der Waals surface area contributed by atoms with Crippen LogP contribution in [-0.4, -0.2) is 50.5 Å². The molecule has 0 heterocycles. The molecule has 0 aliphatic carbocycles. The van der Waals surface area contributed by atoms with Crippen molar-refractivity contribution in [1.29, 1.82) is 0 Å². The van der Waals surface area contributed by atoms with E-state index in [1.807, 2.05) is 0 Å². The van der Waals surface area contributed by atoms with Gasteiger partial charge in [-0.3, -0.25) is 14.4 Å². The first-order valence-electron chi connectivity index (χ1n) is 24.4. The molecule has 0 rings (SSSR count). The van der Waals surface area contributed by atoms with E-state index in [9.17, 15) is 29.7 Å². The van der Waals surface area contributed by atoms with Crippen LogP contribution in [0.3, 0.4) is 0 Å². The lowest BCUT2D eigenvalue weighted by Gasteiger charge is -2.39. The zero-order chi connectivity index (χ0) is 40.7. The van der Waals surface area contributed by atoms with Gasteiger partial charge < -0.3 is 15.3 Å². The van der Waals surface area contributed by atoms with E-state index in [2.05, 4.69) is 20.8 Å². The quantitative estimate of drug-likeness (QED) is 0.0419. The molecule has 0 amide bonds. The Bertz CT molecular complexity index is 889. The van der Waals surface area contributed by atoms with E-state index >= 15 is 0 Å². The molecule has 6 nitrogen and oxygen atoms in total. The normalized spacial score (nSPS) is 13.9. The largest absolute Gasteiger partial charge is 0.393 e. The van der Waals surface area contributed by atoms with Crippen molar-refractivity contribution in [2.45, 2.75) is 289 Å². The fourth-order valence-electron chi connectivity index (χ4n) is 8.15. The highest BCUT2D eigenvalue weighted by Crippen LogP contribution is 2.32. The summed E-state index contributed by atoms with van der Waals surface area (Å²) in [6.07, 6.45) is 41.8. The van der Waals surface area contributed by atoms with E-state index in [-0.39, 0.29) is 19.3 Å². The van der Waals surface area contributed by atoms with Crippen molar-refractivity contribution < 1.29 is 29.7 Å². The first-order valence-corrected chi connectivity index (χ1v) is 24.4. The molecule has 0 saturated heterocycles. The molecule has 55 heavy (non-hydrogen) atoms. The summed E-state index contributed by atoms with van der Waals surface area (Å²) < 4.78 is 0. The molecule has 326 valence electrons. The Kier molecular flexibility index (Phi) is 37.6. The van der Waals surface area contributed by atoms with Gasteiger partial charge in [0.05, 0.1) is 6.61 Å². The highest BCUT2D eigenvalue weighted by molar-refractivity contribution is 6.16. The third-order valence-corrected chi connectivity index (χ3v) is 12.1. The number of Topliss-reactive ketones (excluding diaryl/α,β-unsaturated/α-hetero) is 3. The van der Waals surface area contributed by atoms with Crippen molar-refractivity contribution in [3.63, 3.8) is 0 Å². The third kappa shape index (κ3) is 26.5. The minimum Gasteiger partial charge on any atom is -0.393 e. The van der Waals surface area contributed by atoms with Gasteiger partial charge in [-0.2, -0.15) is 0 Å². The molecule has 0 aliphatic rings. The van der Waals surface area contributed by atoms with Crippen LogP contribution in [0.5, 0.6) is 0 Å². The number of aliphatic hydroxyl groups is 3. The molecular formula is C49H94O6. The van der Waals surface area contributed by atoms with Crippen LogP contribution in [0, 0.1) is 0 Å². The third-order valence-electron chi connectivity index (χ3n) is 12.1. The number of unbranched alkanes of at least 4 members (excludes halogenated alkanes) is 34. The molecule has 0 aromatic rings. The number of ketones is 3. The van der Waals surface area contributed by atoms with E-state index in [1.165, 1.54) is 154 Å². The summed E-state index contributed by atoms with van der Waals surface area (Å²) in [5.74, 6) is -2.44. The molecule has 0 bridgehead atoms. The molecule has 0 spiro atoms. The van der Waals surface area contributed by atoms with Gasteiger partial charge in [-0.05, 0) is 19.3 Å². The fraction of sp³-hybridized carbons (Fsp3) is 0.939. The maximum absolute atomic E-state index is 13.7. The second kappa shape index (κ2) is 38.4. The molecule has 6 heteroatoms. The molecule has 0 saturated carbocycles. The molecule has 0 aromatic carbocycles. The van der Waals surface area contributed by atoms with Gasteiger partial charge in [-0.25, -0.2) is 0 Å². The number of hydrogen-bond donors (Lipinski definition) is 3. The molecule has 0 aromatic heterocycles. The second-order valence-corrected chi connectivity index (χ2v) is 17.3. The van der Waals surface area contributed by atoms with Crippen LogP contribution in [0.2, 0.25) is 0 Å². The predicted octanol–water partition coefficient (Wildman–Crippen LogP) is 13.8. The second-order valence-electron chi connectivity index (χ2n) is 17.3. The van der Waals surface area contributed by atoms with Gasteiger partial charge in [-0.15, -0.1) is 0 Å². The summed E-state index contributed by atoms with van der Waals surface area (Å²) in [5.41, 5.74) is -5.72. The van der Waals surface area contributed by atoms with Crippen LogP contribution in [0.25, 0.3) is 0 Å². The summed E-state index contributed by atoms with van der Waals surface area (Å²) in [7, 11) is 0. The molecule has 0 fully saturated rings. The first-order chi connectivity index (χ1) is 26.8. The summed E-state index contributed by atoms with van der Waals surface area (Å²) in [5, 5.41) is 33.9. The molecule has 2 atom stereocenters. The van der Waals surface area contributed by atoms with Gasteiger partial charge in [-0.1, -0.05) is 239 Å². The van der Waals surface area contributed by atoms with E-state index in [0.717, 1.165) is 64.2 Å². The zero-order valence-corrected chi connectivity index (χ0v) is 37.1. The number of carbonyl (C=O) groups is 3. The number of hydrogen-bond acceptors (Lipinski definition) is 6. The number of carbonyl (C=O) groups excluding carboxylic acids is 3. The van der Waals surface area contributed by atoms with Crippen molar-refractivity contribution >= 4 is 17.3 Å². The van der Waals surface area contributed by atoms with Crippen molar-refractivity contribution in [2.75, 3.05) is 6.61 Å². The summed E-state index contributed by atoms with van der Waals surface area (Å²) in [4.78, 5) is 40.9. The van der Waals surface area contributed by atoms with Crippen LogP contribution in [0.1, 0.15) is 278 Å². The number of aliphatic hydroxyl groups excluding tert-OH is 1. The van der Waals surface area contributed by atoms with Gasteiger partial charge in [0.2, 0.25) is 5.60 Å². The molecule has 2 unspecified atom stereocenters. The maximum atomic E-state index is 13.7. The Labute approximate surface area is 341 Å². The highest BCUT2D eigenvalue weighted by Gasteiger charge is 2.62. The predicted molar refractivity (Wildman–Crippen MR) is 234 cm³/mol. The van der Waals surface area contributed by atoms with E-state index in [1.54, 1.807) is 0 Å². The van der Waals surface area contributed by atoms with Crippen molar-refractivity contribution in [3.8, 4) is 0 Å². The van der Waals surface area contributed by atoms with Gasteiger partial charge in [0.25, 0.3) is 0 Å². The summed E-state index contributed by atoms with van der Waals surface area (Å²) >= 11 is 0. The lowest BCUT2D eigenvalue weighted by Crippen LogP contribution is -2.69. The molecule has 3 N–H and O–H groups in total. The zero-order valence-electron chi connectivity index (χ0n) is 37.1. The number of rotatable bonds is 45. The van der Waals surface area contributed by atoms with E-state index in [4.69, 9.17) is 0 Å². The molecule has 0 radical (unpaired) electrons. The molecule has 0 aliphatic heterocycles. The van der Waals surface area contributed by atoms with E-state index in [0.29, 0.717) is 19.3 Å². The van der Waals surface area contributed by atoms with E-state index < -0.39 is 35.2 Å². The smallest absolute Gasteiger partial charge is 0.219 e. The van der Waals surface area contributed by atoms with Gasteiger partial charge in [0, 0.05) is 19.3 Å². The van der Waals surface area contributed by atoms with Gasteiger partial charge >= 0.3 is 0 Å². The Balaban J connectivity index is 4.91. The summed E-state index contributed by atoms with van der Waals surface area (Å²) in [6, 6.07) is 0. The van der Waals surface area contributed by atoms with Crippen LogP contribution in [-0.2, 0) is 14.4 Å². The van der Waals surface area contributed by atoms with Crippen LogP contribution in [0.4, 0.5) is 0 Å². The Morgan fingerprint density at radius 2 is 0.491 bits per heavy atom. The topological polar surface area (TPSA) is 112 Å². The van der Waals surface area contributed by atoms with Gasteiger partial charge in [0.1, 0.15) is 0 Å². The minimum absolute atomic E-state index is 0.0759. The van der Waals surface area contributed by atoms with Crippen molar-refractivity contribution in [2.24, 2.45) is 0 Å². The monoisotopic (exact) mass is 779 g/mol. The highest BCUT2D eigenvalue weighted by atomic mass is 16.4. The maximum Gasteiger partial charge on any atom is 0.219 e. The van der Waals surface area contributed by atoms with Crippen LogP contribution >= 0.6 is 0 Å². The lowest BCUT2D eigenvalue weighted by molar-refractivity contribution is -0.194. The lowest BCUT2D eigenvalue weighted by atomic mass is 9.71. The minimum atomic E-state index is -2.91. The SMILES string of the molecule is CCCCCCCCCCCCCCCCCC(=O)C(O)(C(=O)CCCCCCCCCCCCCCC)C(O)(CO)C(=O)CCCCCCCCCCC. The Morgan fingerprint density at radius 3 is 0.691 bits per heavy atom. The average molecular weight is 779 g/mol. The first kappa shape index (κ1) is 53.9. The average Bonchev–Trinajstić information content (AvgIpc) is 3.19. The Morgan fingerprint density at radius 1 is 0.309 bits per heavy atom. The van der Waals surface area contributed by atoms with Gasteiger partial charge in [0.15, 0.2) is 23.0 Å². The Hall–Kier alpha value is -1.11.